The Balaban J connectivity index is 2.08. The summed E-state index contributed by atoms with van der Waals surface area (Å²) in [5.41, 5.74) is 0. The monoisotopic (exact) mass is 140 g/mol. The van der Waals surface area contributed by atoms with Gasteiger partial charge in [0.2, 0.25) is 5.91 Å². The first kappa shape index (κ1) is 6.16. The summed E-state index contributed by atoms with van der Waals surface area (Å²) in [7, 11) is 0. The Morgan fingerprint density at radius 2 is 2.40 bits per heavy atom. The summed E-state index contributed by atoms with van der Waals surface area (Å²) >= 11 is 0. The second-order valence-electron chi connectivity index (χ2n) is 3.05. The first-order valence-corrected chi connectivity index (χ1v) is 3.89. The normalized spacial score (nSPS) is 39.0. The molecule has 0 aliphatic carbocycles. The lowest BCUT2D eigenvalue weighted by atomic mass is 9.94. The third-order valence-electron chi connectivity index (χ3n) is 2.42. The van der Waals surface area contributed by atoms with Crippen LogP contribution in [0.2, 0.25) is 0 Å². The Kier molecular flexibility index (Phi) is 1.38. The first-order valence-electron chi connectivity index (χ1n) is 3.89. The molecule has 2 heterocycles. The van der Waals surface area contributed by atoms with Gasteiger partial charge >= 0.3 is 0 Å². The van der Waals surface area contributed by atoms with Gasteiger partial charge in [-0.2, -0.15) is 0 Å². The summed E-state index contributed by atoms with van der Waals surface area (Å²) in [5, 5.41) is 6.19. The number of piperidine rings is 1. The molecule has 2 saturated heterocycles. The van der Waals surface area contributed by atoms with Crippen molar-refractivity contribution in [1.82, 2.24) is 10.6 Å². The van der Waals surface area contributed by atoms with Gasteiger partial charge in [-0.3, -0.25) is 4.79 Å². The predicted molar refractivity (Wildman–Crippen MR) is 37.5 cm³/mol. The molecular weight excluding hydrogens is 128 g/mol. The number of rotatable bonds is 0. The van der Waals surface area contributed by atoms with Gasteiger partial charge < -0.3 is 10.6 Å². The summed E-state index contributed by atoms with van der Waals surface area (Å²) in [4.78, 5) is 11.1. The lowest BCUT2D eigenvalue weighted by Crippen LogP contribution is -2.41. The highest BCUT2D eigenvalue weighted by molar-refractivity contribution is 5.81. The minimum Gasteiger partial charge on any atom is -0.354 e. The number of carbonyl (C=O) groups is 1. The molecular formula is C7H12N2O. The second kappa shape index (κ2) is 2.23. The zero-order chi connectivity index (χ0) is 6.97. The molecule has 0 aromatic carbocycles. The molecule has 0 saturated carbocycles. The maximum Gasteiger partial charge on any atom is 0.224 e. The van der Waals surface area contributed by atoms with E-state index >= 15 is 0 Å². The van der Waals surface area contributed by atoms with Crippen LogP contribution in [0, 0.1) is 5.92 Å². The van der Waals surface area contributed by atoms with Gasteiger partial charge in [-0.15, -0.1) is 0 Å². The van der Waals surface area contributed by atoms with Crippen LogP contribution in [0.3, 0.4) is 0 Å². The Morgan fingerprint density at radius 3 is 3.20 bits per heavy atom. The zero-order valence-electron chi connectivity index (χ0n) is 5.89. The van der Waals surface area contributed by atoms with Crippen molar-refractivity contribution >= 4 is 5.91 Å². The van der Waals surface area contributed by atoms with E-state index in [2.05, 4.69) is 10.6 Å². The Hall–Kier alpha value is -0.570. The molecule has 2 fully saturated rings. The van der Waals surface area contributed by atoms with Gasteiger partial charge in [-0.05, 0) is 19.4 Å². The van der Waals surface area contributed by atoms with E-state index in [-0.39, 0.29) is 11.8 Å². The number of hydrogen-bond acceptors (Lipinski definition) is 2. The molecule has 0 unspecified atom stereocenters. The van der Waals surface area contributed by atoms with Crippen molar-refractivity contribution in [2.75, 3.05) is 13.1 Å². The van der Waals surface area contributed by atoms with E-state index in [1.54, 1.807) is 0 Å². The Morgan fingerprint density at radius 1 is 1.50 bits per heavy atom. The van der Waals surface area contributed by atoms with Crippen LogP contribution in [0.4, 0.5) is 0 Å². The van der Waals surface area contributed by atoms with Gasteiger partial charge in [0, 0.05) is 12.6 Å². The van der Waals surface area contributed by atoms with Crippen molar-refractivity contribution in [3.05, 3.63) is 0 Å². The molecule has 56 valence electrons. The van der Waals surface area contributed by atoms with Gasteiger partial charge in [0.05, 0.1) is 5.92 Å². The highest BCUT2D eigenvalue weighted by Gasteiger charge is 2.35. The largest absolute Gasteiger partial charge is 0.354 e. The molecule has 2 rings (SSSR count). The van der Waals surface area contributed by atoms with E-state index < -0.39 is 0 Å². The fourth-order valence-corrected chi connectivity index (χ4v) is 1.82. The molecule has 0 radical (unpaired) electrons. The van der Waals surface area contributed by atoms with Gasteiger partial charge in [0.15, 0.2) is 0 Å². The predicted octanol–water partition coefficient (Wildman–Crippen LogP) is -0.516. The number of hydrogen-bond donors (Lipinski definition) is 2. The quantitative estimate of drug-likeness (QED) is 0.475. The molecule has 0 spiro atoms. The van der Waals surface area contributed by atoms with Gasteiger partial charge in [0.1, 0.15) is 0 Å². The van der Waals surface area contributed by atoms with E-state index in [1.165, 1.54) is 0 Å². The molecule has 1 amide bonds. The van der Waals surface area contributed by atoms with E-state index in [0.717, 1.165) is 25.9 Å². The minimum atomic E-state index is 0.247. The lowest BCUT2D eigenvalue weighted by Gasteiger charge is -2.23. The van der Waals surface area contributed by atoms with Crippen LogP contribution >= 0.6 is 0 Å². The van der Waals surface area contributed by atoms with Gasteiger partial charge in [-0.1, -0.05) is 0 Å². The summed E-state index contributed by atoms with van der Waals surface area (Å²) < 4.78 is 0. The topological polar surface area (TPSA) is 41.1 Å². The van der Waals surface area contributed by atoms with Gasteiger partial charge in [-0.25, -0.2) is 0 Å². The van der Waals surface area contributed by atoms with Crippen molar-refractivity contribution in [3.63, 3.8) is 0 Å². The van der Waals surface area contributed by atoms with Crippen molar-refractivity contribution in [1.29, 1.82) is 0 Å². The lowest BCUT2D eigenvalue weighted by molar-refractivity contribution is -0.123. The molecule has 0 aromatic heterocycles. The van der Waals surface area contributed by atoms with Crippen molar-refractivity contribution in [2.45, 2.75) is 18.9 Å². The summed E-state index contributed by atoms with van der Waals surface area (Å²) in [6.07, 6.45) is 2.22. The van der Waals surface area contributed by atoms with Crippen LogP contribution in [0.15, 0.2) is 0 Å². The minimum absolute atomic E-state index is 0.247. The number of nitrogens with one attached hydrogen (secondary N) is 2. The standard InChI is InChI=1S/C7H12N2O/c10-7-5-2-1-3-8-6(5)4-9-7/h5-6,8H,1-4H2,(H,9,10)/t5-,6-/m0/s1. The summed E-state index contributed by atoms with van der Waals surface area (Å²) in [6.45, 7) is 1.92. The van der Waals surface area contributed by atoms with Crippen LogP contribution in [0.5, 0.6) is 0 Å². The van der Waals surface area contributed by atoms with Crippen LogP contribution < -0.4 is 10.6 Å². The maximum absolute atomic E-state index is 11.1. The summed E-state index contributed by atoms with van der Waals surface area (Å²) in [6, 6.07) is 0.432. The highest BCUT2D eigenvalue weighted by atomic mass is 16.2. The number of fused-ring (bicyclic) bond motifs is 1. The Labute approximate surface area is 60.2 Å². The smallest absolute Gasteiger partial charge is 0.224 e. The van der Waals surface area contributed by atoms with E-state index in [4.69, 9.17) is 0 Å². The van der Waals surface area contributed by atoms with E-state index in [0.29, 0.717) is 6.04 Å². The second-order valence-corrected chi connectivity index (χ2v) is 3.05. The van der Waals surface area contributed by atoms with Crippen LogP contribution in [-0.4, -0.2) is 25.0 Å². The molecule has 3 nitrogen and oxygen atoms in total. The fraction of sp³-hybridized carbons (Fsp3) is 0.857. The molecule has 2 aliphatic heterocycles. The maximum atomic E-state index is 11.1. The molecule has 0 bridgehead atoms. The molecule has 2 N–H and O–H groups in total. The first-order chi connectivity index (χ1) is 4.88. The van der Waals surface area contributed by atoms with Crippen LogP contribution in [0.1, 0.15) is 12.8 Å². The average Bonchev–Trinajstić information content (AvgIpc) is 2.34. The number of amides is 1. The number of carbonyl (C=O) groups excluding carboxylic acids is 1. The Bertz CT molecular complexity index is 158. The van der Waals surface area contributed by atoms with Crippen LogP contribution in [-0.2, 0) is 4.79 Å². The third kappa shape index (κ3) is 0.814. The molecule has 2 aliphatic rings. The van der Waals surface area contributed by atoms with Crippen molar-refractivity contribution < 1.29 is 4.79 Å². The SMILES string of the molecule is O=C1NC[C@@H]2NCCC[C@H]12. The molecule has 10 heavy (non-hydrogen) atoms. The van der Waals surface area contributed by atoms with Crippen LogP contribution in [0.25, 0.3) is 0 Å². The zero-order valence-corrected chi connectivity index (χ0v) is 5.89. The third-order valence-corrected chi connectivity index (χ3v) is 2.42. The highest BCUT2D eigenvalue weighted by Crippen LogP contribution is 2.19. The van der Waals surface area contributed by atoms with Crippen molar-refractivity contribution in [2.24, 2.45) is 5.92 Å². The summed E-state index contributed by atoms with van der Waals surface area (Å²) in [5.74, 6) is 0.519. The van der Waals surface area contributed by atoms with Crippen molar-refractivity contribution in [3.8, 4) is 0 Å². The van der Waals surface area contributed by atoms with E-state index in [1.807, 2.05) is 0 Å². The molecule has 2 atom stereocenters. The average molecular weight is 140 g/mol. The van der Waals surface area contributed by atoms with Gasteiger partial charge in [0.25, 0.3) is 0 Å². The molecule has 0 aromatic rings. The molecule has 3 heteroatoms. The van der Waals surface area contributed by atoms with E-state index in [9.17, 15) is 4.79 Å². The fourth-order valence-electron chi connectivity index (χ4n) is 1.82.